The lowest BCUT2D eigenvalue weighted by Gasteiger charge is -2.21. The van der Waals surface area contributed by atoms with E-state index in [1.165, 1.54) is 18.4 Å². The van der Waals surface area contributed by atoms with Crippen molar-refractivity contribution < 1.29 is 27.5 Å². The number of aryl methyl sites for hydroxylation is 1. The molecule has 0 aliphatic heterocycles. The quantitative estimate of drug-likeness (QED) is 0.843. The maximum atomic E-state index is 12.4. The van der Waals surface area contributed by atoms with E-state index in [0.717, 1.165) is 12.5 Å². The van der Waals surface area contributed by atoms with Gasteiger partial charge >= 0.3 is 5.97 Å². The Morgan fingerprint density at radius 2 is 1.91 bits per heavy atom. The molecule has 0 aliphatic carbocycles. The number of hydrogen-bond acceptors (Lipinski definition) is 6. The van der Waals surface area contributed by atoms with E-state index in [2.05, 4.69) is 0 Å². The van der Waals surface area contributed by atoms with Crippen molar-refractivity contribution in [3.8, 4) is 0 Å². The number of esters is 1. The number of carbonyl (C=O) groups excluding carboxylic acids is 1. The van der Waals surface area contributed by atoms with Crippen LogP contribution in [0, 0.1) is 6.92 Å². The van der Waals surface area contributed by atoms with Crippen molar-refractivity contribution in [1.82, 2.24) is 0 Å². The van der Waals surface area contributed by atoms with Gasteiger partial charge in [-0.15, -0.1) is 0 Å². The summed E-state index contributed by atoms with van der Waals surface area (Å²) in [4.78, 5) is 9.11. The van der Waals surface area contributed by atoms with Crippen molar-refractivity contribution in [3.63, 3.8) is 0 Å². The molecule has 7 heteroatoms. The fourth-order valence-corrected chi connectivity index (χ4v) is 2.95. The van der Waals surface area contributed by atoms with Gasteiger partial charge in [0.1, 0.15) is 12.4 Å². The molecule has 0 spiro atoms. The molecule has 1 aromatic heterocycles. The van der Waals surface area contributed by atoms with Crippen molar-refractivity contribution in [2.24, 2.45) is 0 Å². The Bertz CT molecular complexity index is 742. The predicted octanol–water partition coefficient (Wildman–Crippen LogP) is 1.81. The standard InChI is InChI=1S/C15H16O6S/c1-11-5-7-13(8-6-11)22(18,19)15(2,17)14(16)21-10-12-4-3-9-20-12/h3-9,17H,10H2,1-2H3. The van der Waals surface area contributed by atoms with Crippen molar-refractivity contribution in [2.45, 2.75) is 30.3 Å². The Morgan fingerprint density at radius 3 is 2.45 bits per heavy atom. The van der Waals surface area contributed by atoms with E-state index in [4.69, 9.17) is 9.15 Å². The topological polar surface area (TPSA) is 93.8 Å². The van der Waals surface area contributed by atoms with Gasteiger partial charge in [-0.1, -0.05) is 17.7 Å². The summed E-state index contributed by atoms with van der Waals surface area (Å²) < 4.78 is 34.6. The molecule has 1 N–H and O–H groups in total. The van der Waals surface area contributed by atoms with Crippen LogP contribution in [0.5, 0.6) is 0 Å². The average molecular weight is 324 g/mol. The Labute approximate surface area is 128 Å². The summed E-state index contributed by atoms with van der Waals surface area (Å²) in [7, 11) is -4.30. The summed E-state index contributed by atoms with van der Waals surface area (Å²) in [5.74, 6) is -0.915. The highest BCUT2D eigenvalue weighted by atomic mass is 32.2. The second-order valence-corrected chi connectivity index (χ2v) is 7.23. The maximum absolute atomic E-state index is 12.4. The zero-order valence-corrected chi connectivity index (χ0v) is 13.0. The van der Waals surface area contributed by atoms with Crippen LogP contribution in [0.3, 0.4) is 0 Å². The van der Waals surface area contributed by atoms with Crippen molar-refractivity contribution in [1.29, 1.82) is 0 Å². The zero-order chi connectivity index (χ0) is 16.4. The van der Waals surface area contributed by atoms with Crippen LogP contribution in [0.1, 0.15) is 18.2 Å². The molecule has 0 saturated carbocycles. The summed E-state index contributed by atoms with van der Waals surface area (Å²) in [6, 6.07) is 8.99. The van der Waals surface area contributed by atoms with Gasteiger partial charge in [0.25, 0.3) is 4.93 Å². The minimum Gasteiger partial charge on any atom is -0.466 e. The summed E-state index contributed by atoms with van der Waals surface area (Å²) >= 11 is 0. The predicted molar refractivity (Wildman–Crippen MR) is 77.5 cm³/mol. The maximum Gasteiger partial charge on any atom is 0.354 e. The molecule has 1 atom stereocenters. The summed E-state index contributed by atoms with van der Waals surface area (Å²) in [6.45, 7) is 2.43. The van der Waals surface area contributed by atoms with Gasteiger partial charge in [0.15, 0.2) is 0 Å². The van der Waals surface area contributed by atoms with Gasteiger partial charge in [-0.05, 0) is 38.1 Å². The highest BCUT2D eigenvalue weighted by Gasteiger charge is 2.47. The van der Waals surface area contributed by atoms with Gasteiger partial charge in [0.05, 0.1) is 11.2 Å². The molecule has 0 fully saturated rings. The molecule has 0 aliphatic rings. The van der Waals surface area contributed by atoms with E-state index in [-0.39, 0.29) is 11.5 Å². The number of furan rings is 1. The third kappa shape index (κ3) is 3.05. The van der Waals surface area contributed by atoms with Gasteiger partial charge in [-0.25, -0.2) is 13.2 Å². The van der Waals surface area contributed by atoms with E-state index < -0.39 is 20.7 Å². The molecule has 1 unspecified atom stereocenters. The Morgan fingerprint density at radius 1 is 1.27 bits per heavy atom. The molecule has 6 nitrogen and oxygen atoms in total. The molecule has 0 amide bonds. The Balaban J connectivity index is 2.20. The van der Waals surface area contributed by atoms with Crippen molar-refractivity contribution in [3.05, 3.63) is 54.0 Å². The second-order valence-electron chi connectivity index (χ2n) is 4.95. The average Bonchev–Trinajstić information content (AvgIpc) is 2.98. The van der Waals surface area contributed by atoms with Gasteiger partial charge in [0.2, 0.25) is 9.84 Å². The van der Waals surface area contributed by atoms with Crippen LogP contribution >= 0.6 is 0 Å². The van der Waals surface area contributed by atoms with Crippen LogP contribution in [-0.2, 0) is 26.0 Å². The molecule has 1 aromatic carbocycles. The monoisotopic (exact) mass is 324 g/mol. The third-order valence-corrected chi connectivity index (χ3v) is 5.26. The normalized spacial score (nSPS) is 14.3. The highest BCUT2D eigenvalue weighted by molar-refractivity contribution is 7.93. The van der Waals surface area contributed by atoms with Gasteiger partial charge < -0.3 is 14.3 Å². The SMILES string of the molecule is Cc1ccc(S(=O)(=O)C(C)(O)C(=O)OCc2ccco2)cc1. The lowest BCUT2D eigenvalue weighted by Crippen LogP contribution is -2.44. The van der Waals surface area contributed by atoms with Crippen LogP contribution in [0.15, 0.2) is 52.0 Å². The van der Waals surface area contributed by atoms with Crippen LogP contribution < -0.4 is 0 Å². The second kappa shape index (κ2) is 5.94. The highest BCUT2D eigenvalue weighted by Crippen LogP contribution is 2.25. The van der Waals surface area contributed by atoms with Crippen LogP contribution in [-0.4, -0.2) is 24.4 Å². The number of ether oxygens (including phenoxy) is 1. The van der Waals surface area contributed by atoms with E-state index in [1.807, 2.05) is 0 Å². The Hall–Kier alpha value is -2.12. The number of aliphatic hydroxyl groups is 1. The van der Waals surface area contributed by atoms with Crippen molar-refractivity contribution in [2.75, 3.05) is 0 Å². The molecule has 2 aromatic rings. The number of hydrogen-bond donors (Lipinski definition) is 1. The molecule has 0 bridgehead atoms. The smallest absolute Gasteiger partial charge is 0.354 e. The molecule has 22 heavy (non-hydrogen) atoms. The van der Waals surface area contributed by atoms with Crippen LogP contribution in [0.2, 0.25) is 0 Å². The van der Waals surface area contributed by atoms with Gasteiger partial charge in [-0.3, -0.25) is 0 Å². The summed E-state index contributed by atoms with van der Waals surface area (Å²) in [5, 5.41) is 10.2. The van der Waals surface area contributed by atoms with Crippen LogP contribution in [0.25, 0.3) is 0 Å². The largest absolute Gasteiger partial charge is 0.466 e. The lowest BCUT2D eigenvalue weighted by molar-refractivity contribution is -0.157. The number of benzene rings is 1. The van der Waals surface area contributed by atoms with Crippen molar-refractivity contribution >= 4 is 15.8 Å². The van der Waals surface area contributed by atoms with E-state index in [9.17, 15) is 18.3 Å². The first-order valence-electron chi connectivity index (χ1n) is 6.48. The number of carbonyl (C=O) groups is 1. The summed E-state index contributed by atoms with van der Waals surface area (Å²) in [6.07, 6.45) is 1.39. The van der Waals surface area contributed by atoms with Gasteiger partial charge in [0, 0.05) is 0 Å². The first kappa shape index (κ1) is 16.3. The third-order valence-electron chi connectivity index (χ3n) is 3.16. The number of sulfone groups is 1. The van der Waals surface area contributed by atoms with E-state index in [0.29, 0.717) is 5.76 Å². The Kier molecular flexibility index (Phi) is 4.39. The molecule has 118 valence electrons. The molecule has 2 rings (SSSR count). The molecule has 1 heterocycles. The van der Waals surface area contributed by atoms with E-state index >= 15 is 0 Å². The molecular formula is C15H16O6S. The lowest BCUT2D eigenvalue weighted by atomic mass is 10.2. The minimum atomic E-state index is -4.30. The molecular weight excluding hydrogens is 308 g/mol. The first-order valence-corrected chi connectivity index (χ1v) is 7.97. The zero-order valence-electron chi connectivity index (χ0n) is 12.1. The van der Waals surface area contributed by atoms with Gasteiger partial charge in [-0.2, -0.15) is 0 Å². The minimum absolute atomic E-state index is 0.155. The number of rotatable bonds is 5. The summed E-state index contributed by atoms with van der Waals surface area (Å²) in [5.41, 5.74) is 0.860. The van der Waals surface area contributed by atoms with Crippen LogP contribution in [0.4, 0.5) is 0 Å². The first-order chi connectivity index (χ1) is 10.2. The fraction of sp³-hybridized carbons (Fsp3) is 0.267. The van der Waals surface area contributed by atoms with E-state index in [1.54, 1.807) is 31.2 Å². The molecule has 0 radical (unpaired) electrons. The fourth-order valence-electron chi connectivity index (χ4n) is 1.72. The molecule has 0 saturated heterocycles.